The molecule has 2 N–H and O–H groups in total. The number of aromatic nitrogens is 3. The van der Waals surface area contributed by atoms with Gasteiger partial charge in [-0.3, -0.25) is 14.9 Å². The molecule has 0 saturated carbocycles. The molecule has 2 heterocycles. The standard InChI is InChI=1S/C14H12N4O/c19-14(18-12-8-16-17-9-12)6-10-5-11-3-1-2-4-13(11)15-7-10/h1-5,7-9H,6H2,(H,16,17)(H,18,19). The topological polar surface area (TPSA) is 70.7 Å². The number of hydrogen-bond acceptors (Lipinski definition) is 3. The Hall–Kier alpha value is -2.69. The fourth-order valence-corrected chi connectivity index (χ4v) is 1.92. The van der Waals surface area contributed by atoms with Gasteiger partial charge in [-0.25, -0.2) is 0 Å². The van der Waals surface area contributed by atoms with Crippen LogP contribution in [0.25, 0.3) is 10.9 Å². The molecule has 3 rings (SSSR count). The first kappa shape index (κ1) is 11.4. The van der Waals surface area contributed by atoms with Gasteiger partial charge in [0.25, 0.3) is 0 Å². The minimum absolute atomic E-state index is 0.0847. The van der Waals surface area contributed by atoms with Crippen LogP contribution in [-0.2, 0) is 11.2 Å². The maximum absolute atomic E-state index is 11.8. The number of anilines is 1. The van der Waals surface area contributed by atoms with Crippen LogP contribution in [0.15, 0.2) is 48.9 Å². The fraction of sp³-hybridized carbons (Fsp3) is 0.0714. The fourth-order valence-electron chi connectivity index (χ4n) is 1.92. The van der Waals surface area contributed by atoms with Crippen LogP contribution in [-0.4, -0.2) is 21.1 Å². The molecule has 0 bridgehead atoms. The van der Waals surface area contributed by atoms with Gasteiger partial charge in [0.05, 0.1) is 23.8 Å². The highest BCUT2D eigenvalue weighted by atomic mass is 16.1. The zero-order chi connectivity index (χ0) is 13.1. The third kappa shape index (κ3) is 2.60. The lowest BCUT2D eigenvalue weighted by atomic mass is 10.1. The molecule has 94 valence electrons. The van der Waals surface area contributed by atoms with E-state index in [9.17, 15) is 4.79 Å². The van der Waals surface area contributed by atoms with Crippen LogP contribution in [0, 0.1) is 0 Å². The van der Waals surface area contributed by atoms with Crippen LogP contribution in [0.5, 0.6) is 0 Å². The number of para-hydroxylation sites is 1. The van der Waals surface area contributed by atoms with Gasteiger partial charge < -0.3 is 5.32 Å². The predicted molar refractivity (Wildman–Crippen MR) is 72.7 cm³/mol. The van der Waals surface area contributed by atoms with E-state index in [-0.39, 0.29) is 5.91 Å². The van der Waals surface area contributed by atoms with Gasteiger partial charge in [0.1, 0.15) is 0 Å². The Kier molecular flexibility index (Phi) is 2.94. The van der Waals surface area contributed by atoms with Crippen LogP contribution in [0.4, 0.5) is 5.69 Å². The summed E-state index contributed by atoms with van der Waals surface area (Å²) in [5.74, 6) is -0.0847. The molecule has 0 atom stereocenters. The summed E-state index contributed by atoms with van der Waals surface area (Å²) >= 11 is 0. The first-order chi connectivity index (χ1) is 9.31. The summed E-state index contributed by atoms with van der Waals surface area (Å²) in [6.07, 6.45) is 5.23. The average Bonchev–Trinajstić information content (AvgIpc) is 2.91. The molecular formula is C14H12N4O. The number of carbonyl (C=O) groups is 1. The van der Waals surface area contributed by atoms with Crippen molar-refractivity contribution in [2.24, 2.45) is 0 Å². The van der Waals surface area contributed by atoms with Crippen LogP contribution in [0.1, 0.15) is 5.56 Å². The number of nitrogens with zero attached hydrogens (tertiary/aromatic N) is 2. The van der Waals surface area contributed by atoms with Crippen molar-refractivity contribution in [3.8, 4) is 0 Å². The molecule has 0 unspecified atom stereocenters. The van der Waals surface area contributed by atoms with Gasteiger partial charge in [-0.05, 0) is 17.7 Å². The van der Waals surface area contributed by atoms with E-state index in [1.165, 1.54) is 0 Å². The molecule has 0 saturated heterocycles. The highest BCUT2D eigenvalue weighted by molar-refractivity contribution is 5.92. The molecule has 1 aromatic carbocycles. The Bertz CT molecular complexity index is 706. The van der Waals surface area contributed by atoms with Crippen molar-refractivity contribution < 1.29 is 4.79 Å². The van der Waals surface area contributed by atoms with E-state index in [4.69, 9.17) is 0 Å². The summed E-state index contributed by atoms with van der Waals surface area (Å²) in [6.45, 7) is 0. The van der Waals surface area contributed by atoms with Gasteiger partial charge in [-0.15, -0.1) is 0 Å². The van der Waals surface area contributed by atoms with Gasteiger partial charge in [0.2, 0.25) is 5.91 Å². The van der Waals surface area contributed by atoms with Gasteiger partial charge >= 0.3 is 0 Å². The summed E-state index contributed by atoms with van der Waals surface area (Å²) in [4.78, 5) is 16.2. The molecule has 2 aromatic heterocycles. The van der Waals surface area contributed by atoms with E-state index in [1.807, 2.05) is 30.3 Å². The van der Waals surface area contributed by atoms with E-state index < -0.39 is 0 Å². The zero-order valence-corrected chi connectivity index (χ0v) is 10.1. The van der Waals surface area contributed by atoms with E-state index in [2.05, 4.69) is 20.5 Å². The molecule has 0 spiro atoms. The van der Waals surface area contributed by atoms with Gasteiger partial charge in [0, 0.05) is 17.8 Å². The third-order valence-corrected chi connectivity index (χ3v) is 2.79. The number of fused-ring (bicyclic) bond motifs is 1. The number of amides is 1. The number of H-pyrrole nitrogens is 1. The molecule has 0 fully saturated rings. The number of nitrogens with one attached hydrogen (secondary N) is 2. The normalized spacial score (nSPS) is 10.5. The first-order valence-electron chi connectivity index (χ1n) is 5.93. The molecular weight excluding hydrogens is 240 g/mol. The second-order valence-electron chi connectivity index (χ2n) is 4.25. The van der Waals surface area contributed by atoms with Crippen molar-refractivity contribution >= 4 is 22.5 Å². The summed E-state index contributed by atoms with van der Waals surface area (Å²) in [7, 11) is 0. The minimum Gasteiger partial charge on any atom is -0.323 e. The van der Waals surface area contributed by atoms with Crippen LogP contribution >= 0.6 is 0 Å². The Balaban J connectivity index is 1.75. The summed E-state index contributed by atoms with van der Waals surface area (Å²) in [5.41, 5.74) is 2.49. The second kappa shape index (κ2) is 4.89. The maximum atomic E-state index is 11.8. The lowest BCUT2D eigenvalue weighted by Crippen LogP contribution is -2.14. The zero-order valence-electron chi connectivity index (χ0n) is 10.1. The Labute approximate surface area is 109 Å². The Morgan fingerprint density at radius 3 is 3.00 bits per heavy atom. The van der Waals surface area contributed by atoms with Crippen molar-refractivity contribution in [2.45, 2.75) is 6.42 Å². The van der Waals surface area contributed by atoms with E-state index >= 15 is 0 Å². The van der Waals surface area contributed by atoms with E-state index in [1.54, 1.807) is 18.6 Å². The molecule has 0 radical (unpaired) electrons. The number of carbonyl (C=O) groups excluding carboxylic acids is 1. The second-order valence-corrected chi connectivity index (χ2v) is 4.25. The van der Waals surface area contributed by atoms with Crippen molar-refractivity contribution in [1.29, 1.82) is 0 Å². The lowest BCUT2D eigenvalue weighted by Gasteiger charge is -2.03. The molecule has 3 aromatic rings. The molecule has 0 aliphatic heterocycles. The van der Waals surface area contributed by atoms with Crippen molar-refractivity contribution in [1.82, 2.24) is 15.2 Å². The van der Waals surface area contributed by atoms with Crippen molar-refractivity contribution in [2.75, 3.05) is 5.32 Å². The number of pyridine rings is 1. The molecule has 0 aliphatic rings. The number of rotatable bonds is 3. The van der Waals surface area contributed by atoms with Crippen LogP contribution in [0.3, 0.4) is 0 Å². The van der Waals surface area contributed by atoms with Gasteiger partial charge in [-0.2, -0.15) is 5.10 Å². The largest absolute Gasteiger partial charge is 0.323 e. The summed E-state index contributed by atoms with van der Waals surface area (Å²) in [5, 5.41) is 10.2. The predicted octanol–water partition coefficient (Wildman–Crippen LogP) is 2.14. The Morgan fingerprint density at radius 1 is 1.26 bits per heavy atom. The third-order valence-electron chi connectivity index (χ3n) is 2.79. The van der Waals surface area contributed by atoms with E-state index in [0.29, 0.717) is 12.1 Å². The van der Waals surface area contributed by atoms with Gasteiger partial charge in [0.15, 0.2) is 0 Å². The van der Waals surface area contributed by atoms with E-state index in [0.717, 1.165) is 16.5 Å². The number of benzene rings is 1. The molecule has 19 heavy (non-hydrogen) atoms. The van der Waals surface area contributed by atoms with Gasteiger partial charge in [-0.1, -0.05) is 18.2 Å². The average molecular weight is 252 g/mol. The highest BCUT2D eigenvalue weighted by Gasteiger charge is 2.06. The quantitative estimate of drug-likeness (QED) is 0.750. The number of aromatic amines is 1. The molecule has 5 heteroatoms. The summed E-state index contributed by atoms with van der Waals surface area (Å²) in [6, 6.07) is 9.82. The Morgan fingerprint density at radius 2 is 2.16 bits per heavy atom. The summed E-state index contributed by atoms with van der Waals surface area (Å²) < 4.78 is 0. The lowest BCUT2D eigenvalue weighted by molar-refractivity contribution is -0.115. The smallest absolute Gasteiger partial charge is 0.228 e. The number of hydrogen-bond donors (Lipinski definition) is 2. The SMILES string of the molecule is O=C(Cc1cnc2ccccc2c1)Nc1cn[nH]c1. The first-order valence-corrected chi connectivity index (χ1v) is 5.93. The molecule has 5 nitrogen and oxygen atoms in total. The molecule has 0 aliphatic carbocycles. The van der Waals surface area contributed by atoms with Crippen molar-refractivity contribution in [3.05, 3.63) is 54.5 Å². The van der Waals surface area contributed by atoms with Crippen LogP contribution < -0.4 is 5.32 Å². The maximum Gasteiger partial charge on any atom is 0.228 e. The minimum atomic E-state index is -0.0847. The van der Waals surface area contributed by atoms with Crippen LogP contribution in [0.2, 0.25) is 0 Å². The highest BCUT2D eigenvalue weighted by Crippen LogP contribution is 2.13. The monoisotopic (exact) mass is 252 g/mol. The molecule has 1 amide bonds. The van der Waals surface area contributed by atoms with Crippen molar-refractivity contribution in [3.63, 3.8) is 0 Å².